The molecule has 1 aromatic heterocycles. The molecule has 0 atom stereocenters. The second kappa shape index (κ2) is 6.00. The molecule has 0 radical (unpaired) electrons. The molecule has 0 fully saturated rings. The maximum atomic E-state index is 13.6. The first kappa shape index (κ1) is 14.5. The first-order valence-corrected chi connectivity index (χ1v) is 6.80. The van der Waals surface area contributed by atoms with Crippen molar-refractivity contribution in [3.8, 4) is 5.75 Å². The summed E-state index contributed by atoms with van der Waals surface area (Å²) in [6, 6.07) is 4.76. The van der Waals surface area contributed by atoms with Gasteiger partial charge < -0.3 is 9.84 Å². The highest BCUT2D eigenvalue weighted by atomic mass is 32.1. The molecule has 1 N–H and O–H groups in total. The summed E-state index contributed by atoms with van der Waals surface area (Å²) in [7, 11) is 1.42. The number of hydrogen-bond acceptors (Lipinski definition) is 4. The number of aryl methyl sites for hydroxylation is 1. The normalized spacial score (nSPS) is 10.6. The molecule has 0 aliphatic rings. The van der Waals surface area contributed by atoms with Gasteiger partial charge in [-0.05, 0) is 24.6 Å². The van der Waals surface area contributed by atoms with Gasteiger partial charge in [0.25, 0.3) is 0 Å². The lowest BCUT2D eigenvalue weighted by Gasteiger charge is -2.03. The largest absolute Gasteiger partial charge is 0.494 e. The lowest BCUT2D eigenvalue weighted by atomic mass is 10.1. The Kier molecular flexibility index (Phi) is 4.34. The van der Waals surface area contributed by atoms with E-state index in [4.69, 9.17) is 9.84 Å². The number of carboxylic acids is 1. The number of thiazole rings is 1. The zero-order chi connectivity index (χ0) is 14.7. The van der Waals surface area contributed by atoms with E-state index in [0.29, 0.717) is 6.42 Å². The standard InChI is InChI=1S/C14H14FNO3S/c1-8-12(7-14(17)18)20-13(16-8)6-9-3-4-11(19-2)10(15)5-9/h3-5H,6-7H2,1-2H3,(H,17,18). The number of aliphatic carboxylic acids is 1. The Bertz CT molecular complexity index is 639. The van der Waals surface area contributed by atoms with E-state index in [1.165, 1.54) is 24.5 Å². The van der Waals surface area contributed by atoms with Crippen LogP contribution >= 0.6 is 11.3 Å². The van der Waals surface area contributed by atoms with E-state index in [2.05, 4.69) is 4.98 Å². The van der Waals surface area contributed by atoms with Gasteiger partial charge in [0.15, 0.2) is 11.6 Å². The van der Waals surface area contributed by atoms with Gasteiger partial charge in [0.05, 0.1) is 24.2 Å². The first-order valence-electron chi connectivity index (χ1n) is 5.99. The zero-order valence-corrected chi connectivity index (χ0v) is 12.0. The van der Waals surface area contributed by atoms with Crippen molar-refractivity contribution in [1.29, 1.82) is 0 Å². The van der Waals surface area contributed by atoms with Crippen LogP contribution in [0, 0.1) is 12.7 Å². The van der Waals surface area contributed by atoms with Crippen molar-refractivity contribution in [2.75, 3.05) is 7.11 Å². The molecule has 20 heavy (non-hydrogen) atoms. The summed E-state index contributed by atoms with van der Waals surface area (Å²) < 4.78 is 18.5. The van der Waals surface area contributed by atoms with Crippen molar-refractivity contribution in [2.24, 2.45) is 0 Å². The number of carboxylic acid groups (broad SMARTS) is 1. The summed E-state index contributed by atoms with van der Waals surface area (Å²) >= 11 is 1.35. The van der Waals surface area contributed by atoms with Crippen LogP contribution in [-0.2, 0) is 17.6 Å². The highest BCUT2D eigenvalue weighted by Gasteiger charge is 2.12. The van der Waals surface area contributed by atoms with E-state index in [-0.39, 0.29) is 12.2 Å². The van der Waals surface area contributed by atoms with Crippen molar-refractivity contribution >= 4 is 17.3 Å². The second-order valence-corrected chi connectivity index (χ2v) is 5.50. The molecule has 2 rings (SSSR count). The van der Waals surface area contributed by atoms with Gasteiger partial charge in [-0.25, -0.2) is 9.37 Å². The van der Waals surface area contributed by atoms with Gasteiger partial charge in [-0.3, -0.25) is 4.79 Å². The van der Waals surface area contributed by atoms with E-state index in [0.717, 1.165) is 21.1 Å². The molecule has 0 bridgehead atoms. The number of aromatic nitrogens is 1. The van der Waals surface area contributed by atoms with Crippen LogP contribution in [0.3, 0.4) is 0 Å². The Morgan fingerprint density at radius 2 is 2.25 bits per heavy atom. The number of methoxy groups -OCH3 is 1. The van der Waals surface area contributed by atoms with Crippen molar-refractivity contribution in [1.82, 2.24) is 4.98 Å². The summed E-state index contributed by atoms with van der Waals surface area (Å²) in [5.74, 6) is -1.08. The molecular weight excluding hydrogens is 281 g/mol. The molecule has 0 spiro atoms. The van der Waals surface area contributed by atoms with E-state index < -0.39 is 11.8 Å². The van der Waals surface area contributed by atoms with Gasteiger partial charge in [-0.2, -0.15) is 0 Å². The third-order valence-corrected chi connectivity index (χ3v) is 3.98. The van der Waals surface area contributed by atoms with Crippen molar-refractivity contribution in [3.63, 3.8) is 0 Å². The fraction of sp³-hybridized carbons (Fsp3) is 0.286. The number of halogens is 1. The lowest BCUT2D eigenvalue weighted by Crippen LogP contribution is -1.99. The molecule has 1 heterocycles. The number of nitrogens with zero attached hydrogens (tertiary/aromatic N) is 1. The van der Waals surface area contributed by atoms with Gasteiger partial charge >= 0.3 is 5.97 Å². The molecular formula is C14H14FNO3S. The van der Waals surface area contributed by atoms with Gasteiger partial charge in [-0.15, -0.1) is 11.3 Å². The van der Waals surface area contributed by atoms with Crippen LogP contribution in [0.2, 0.25) is 0 Å². The SMILES string of the molecule is COc1ccc(Cc2nc(C)c(CC(=O)O)s2)cc1F. The maximum absolute atomic E-state index is 13.6. The molecule has 106 valence electrons. The second-order valence-electron chi connectivity index (χ2n) is 4.33. The molecule has 0 aliphatic carbocycles. The third-order valence-electron chi connectivity index (χ3n) is 2.82. The molecule has 2 aromatic rings. The Balaban J connectivity index is 2.17. The summed E-state index contributed by atoms with van der Waals surface area (Å²) in [5, 5.41) is 9.58. The van der Waals surface area contributed by atoms with E-state index in [9.17, 15) is 9.18 Å². The smallest absolute Gasteiger partial charge is 0.308 e. The van der Waals surface area contributed by atoms with Gasteiger partial charge in [-0.1, -0.05) is 6.07 Å². The molecule has 0 amide bonds. The van der Waals surface area contributed by atoms with Gasteiger partial charge in [0, 0.05) is 11.3 Å². The Hall–Kier alpha value is -1.95. The number of hydrogen-bond donors (Lipinski definition) is 1. The van der Waals surface area contributed by atoms with Crippen LogP contribution in [0.4, 0.5) is 4.39 Å². The van der Waals surface area contributed by atoms with Crippen LogP contribution in [-0.4, -0.2) is 23.2 Å². The lowest BCUT2D eigenvalue weighted by molar-refractivity contribution is -0.136. The minimum atomic E-state index is -0.876. The Labute approximate surface area is 119 Å². The van der Waals surface area contributed by atoms with Crippen LogP contribution in [0.15, 0.2) is 18.2 Å². The van der Waals surface area contributed by atoms with Crippen LogP contribution < -0.4 is 4.74 Å². The summed E-state index contributed by atoms with van der Waals surface area (Å²) in [4.78, 5) is 15.8. The number of benzene rings is 1. The van der Waals surface area contributed by atoms with E-state index in [1.807, 2.05) is 0 Å². The Morgan fingerprint density at radius 1 is 1.50 bits per heavy atom. The van der Waals surface area contributed by atoms with Crippen molar-refractivity contribution in [3.05, 3.63) is 45.2 Å². The summed E-state index contributed by atoms with van der Waals surface area (Å²) in [6.07, 6.45) is 0.451. The highest BCUT2D eigenvalue weighted by Crippen LogP contribution is 2.24. The fourth-order valence-corrected chi connectivity index (χ4v) is 2.95. The maximum Gasteiger partial charge on any atom is 0.308 e. The van der Waals surface area contributed by atoms with Crippen molar-refractivity contribution < 1.29 is 19.0 Å². The molecule has 0 aliphatic heterocycles. The fourth-order valence-electron chi connectivity index (χ4n) is 1.86. The minimum Gasteiger partial charge on any atom is -0.494 e. The average Bonchev–Trinajstić information content (AvgIpc) is 2.69. The predicted molar refractivity (Wildman–Crippen MR) is 73.9 cm³/mol. The molecule has 0 unspecified atom stereocenters. The first-order chi connectivity index (χ1) is 9.49. The molecule has 4 nitrogen and oxygen atoms in total. The average molecular weight is 295 g/mol. The van der Waals surface area contributed by atoms with Crippen LogP contribution in [0.25, 0.3) is 0 Å². The number of ether oxygens (including phenoxy) is 1. The van der Waals surface area contributed by atoms with Crippen molar-refractivity contribution in [2.45, 2.75) is 19.8 Å². The predicted octanol–water partition coefficient (Wildman–Crippen LogP) is 2.82. The zero-order valence-electron chi connectivity index (χ0n) is 11.1. The number of rotatable bonds is 5. The van der Waals surface area contributed by atoms with Crippen LogP contribution in [0.1, 0.15) is 21.1 Å². The summed E-state index contributed by atoms with van der Waals surface area (Å²) in [5.41, 5.74) is 1.50. The molecule has 0 saturated carbocycles. The minimum absolute atomic E-state index is 0.0273. The molecule has 1 aromatic carbocycles. The Morgan fingerprint density at radius 3 is 2.85 bits per heavy atom. The quantitative estimate of drug-likeness (QED) is 0.921. The third kappa shape index (κ3) is 3.33. The van der Waals surface area contributed by atoms with Crippen LogP contribution in [0.5, 0.6) is 5.75 Å². The summed E-state index contributed by atoms with van der Waals surface area (Å²) in [6.45, 7) is 1.78. The van der Waals surface area contributed by atoms with Gasteiger partial charge in [0.1, 0.15) is 0 Å². The highest BCUT2D eigenvalue weighted by molar-refractivity contribution is 7.11. The van der Waals surface area contributed by atoms with E-state index in [1.54, 1.807) is 19.1 Å². The topological polar surface area (TPSA) is 59.4 Å². The van der Waals surface area contributed by atoms with E-state index >= 15 is 0 Å². The number of carbonyl (C=O) groups is 1. The molecule has 6 heteroatoms. The van der Waals surface area contributed by atoms with Gasteiger partial charge in [0.2, 0.25) is 0 Å². The monoisotopic (exact) mass is 295 g/mol. The molecule has 0 saturated heterocycles.